The van der Waals surface area contributed by atoms with Gasteiger partial charge in [0.2, 0.25) is 0 Å². The molecule has 0 amide bonds. The van der Waals surface area contributed by atoms with Crippen LogP contribution in [0.5, 0.6) is 0 Å². The summed E-state index contributed by atoms with van der Waals surface area (Å²) in [4.78, 5) is 10.3. The monoisotopic (exact) mass is 256 g/mol. The van der Waals surface area contributed by atoms with Gasteiger partial charge in [-0.1, -0.05) is 0 Å². The van der Waals surface area contributed by atoms with Gasteiger partial charge < -0.3 is 0 Å². The van der Waals surface area contributed by atoms with Crippen LogP contribution in [0.3, 0.4) is 0 Å². The zero-order chi connectivity index (χ0) is 11.1. The van der Waals surface area contributed by atoms with Crippen molar-refractivity contribution < 1.29 is 4.89 Å². The molecule has 1 N–H and O–H groups in total. The molecule has 0 rings (SSSR count). The molecule has 88 valence electrons. The minimum atomic E-state index is -2.85. The third-order valence-electron chi connectivity index (χ3n) is 2.44. The Morgan fingerprint density at radius 1 is 0.857 bits per heavy atom. The van der Waals surface area contributed by atoms with Crippen LogP contribution in [-0.2, 0) is 0 Å². The average Bonchev–Trinajstić information content (AvgIpc) is 2.04. The van der Waals surface area contributed by atoms with E-state index in [1.807, 2.05) is 0 Å². The van der Waals surface area contributed by atoms with Gasteiger partial charge in [0.25, 0.3) is 0 Å². The molecule has 0 spiro atoms. The second-order valence-electron chi connectivity index (χ2n) is 4.20. The van der Waals surface area contributed by atoms with Gasteiger partial charge in [0.1, 0.15) is 0 Å². The third kappa shape index (κ3) is 8.40. The number of hydrogen-bond acceptors (Lipinski definition) is 3. The van der Waals surface area contributed by atoms with Crippen LogP contribution in [0.1, 0.15) is 52.4 Å². The molecule has 0 fully saturated rings. The number of hydrogen-bond donors (Lipinski definition) is 3. The van der Waals surface area contributed by atoms with Crippen molar-refractivity contribution in [1.29, 1.82) is 0 Å². The van der Waals surface area contributed by atoms with Crippen molar-refractivity contribution in [3.63, 3.8) is 0 Å². The maximum atomic E-state index is 10.3. The number of thiol groups is 2. The van der Waals surface area contributed by atoms with E-state index in [0.29, 0.717) is 0 Å². The standard InChI is InChI=1S/C10H25OPS2/c1-3-5-7-9-12(11,13,14)10-8-6-4-2/h11,13-14H,3-10H2,1-2H3. The molecule has 0 radical (unpaired) electrons. The summed E-state index contributed by atoms with van der Waals surface area (Å²) in [6, 6.07) is 0. The Bertz CT molecular complexity index is 140. The first kappa shape index (κ1) is 15.1. The first-order valence-corrected chi connectivity index (χ1v) is 10.5. The predicted molar refractivity (Wildman–Crippen MR) is 75.9 cm³/mol. The summed E-state index contributed by atoms with van der Waals surface area (Å²) in [6.45, 7) is 4.33. The predicted octanol–water partition coefficient (Wildman–Crippen LogP) is 4.52. The summed E-state index contributed by atoms with van der Waals surface area (Å²) in [7, 11) is 0. The van der Waals surface area contributed by atoms with Gasteiger partial charge in [0, 0.05) is 0 Å². The first-order valence-electron chi connectivity index (χ1n) is 5.65. The van der Waals surface area contributed by atoms with E-state index >= 15 is 0 Å². The molecule has 0 bridgehead atoms. The van der Waals surface area contributed by atoms with E-state index in [2.05, 4.69) is 38.3 Å². The van der Waals surface area contributed by atoms with Gasteiger partial charge in [0.05, 0.1) is 0 Å². The zero-order valence-corrected chi connectivity index (χ0v) is 12.1. The molecule has 0 aromatic carbocycles. The maximum absolute atomic E-state index is 10.3. The summed E-state index contributed by atoms with van der Waals surface area (Å²) in [5.74, 6) is 0. The third-order valence-corrected chi connectivity index (χ3v) is 7.30. The van der Waals surface area contributed by atoms with Gasteiger partial charge in [-0.25, -0.2) is 0 Å². The summed E-state index contributed by atoms with van der Waals surface area (Å²) >= 11 is 8.88. The van der Waals surface area contributed by atoms with Crippen LogP contribution in [0.25, 0.3) is 0 Å². The van der Waals surface area contributed by atoms with E-state index in [0.717, 1.165) is 25.2 Å². The van der Waals surface area contributed by atoms with E-state index < -0.39 is 5.23 Å². The quantitative estimate of drug-likeness (QED) is 0.331. The van der Waals surface area contributed by atoms with Crippen LogP contribution in [0.4, 0.5) is 0 Å². The molecule has 0 unspecified atom stereocenters. The summed E-state index contributed by atoms with van der Waals surface area (Å²) in [5, 5.41) is -2.85. The van der Waals surface area contributed by atoms with Gasteiger partial charge in [-0.05, 0) is 0 Å². The van der Waals surface area contributed by atoms with E-state index in [1.165, 1.54) is 25.7 Å². The molecule has 0 heterocycles. The molecule has 0 aromatic heterocycles. The SMILES string of the molecule is CCCCCP(O)(S)(S)CCCCC. The molecule has 0 aromatic rings. The molecule has 0 atom stereocenters. The fraction of sp³-hybridized carbons (Fsp3) is 1.00. The molecule has 1 nitrogen and oxygen atoms in total. The molecule has 0 aliphatic heterocycles. The Labute approximate surface area is 99.4 Å². The second-order valence-corrected chi connectivity index (χ2v) is 14.4. The fourth-order valence-electron chi connectivity index (χ4n) is 1.48. The number of rotatable bonds is 8. The van der Waals surface area contributed by atoms with Gasteiger partial charge >= 0.3 is 99.3 Å². The Morgan fingerprint density at radius 3 is 1.50 bits per heavy atom. The van der Waals surface area contributed by atoms with Gasteiger partial charge in [0.15, 0.2) is 0 Å². The van der Waals surface area contributed by atoms with Crippen LogP contribution in [0.2, 0.25) is 0 Å². The van der Waals surface area contributed by atoms with Crippen molar-refractivity contribution in [2.45, 2.75) is 52.4 Å². The minimum absolute atomic E-state index is 0.801. The molecule has 0 aliphatic carbocycles. The normalized spacial score (nSPS) is 15.1. The van der Waals surface area contributed by atoms with Crippen LogP contribution in [-0.4, -0.2) is 17.2 Å². The summed E-state index contributed by atoms with van der Waals surface area (Å²) in [5.41, 5.74) is 0. The molecule has 0 aliphatic rings. The summed E-state index contributed by atoms with van der Waals surface area (Å²) < 4.78 is 0. The van der Waals surface area contributed by atoms with E-state index in [-0.39, 0.29) is 0 Å². The Morgan fingerprint density at radius 2 is 1.21 bits per heavy atom. The van der Waals surface area contributed by atoms with Crippen molar-refractivity contribution in [2.24, 2.45) is 0 Å². The molecule has 0 saturated carbocycles. The van der Waals surface area contributed by atoms with Crippen LogP contribution in [0.15, 0.2) is 0 Å². The van der Waals surface area contributed by atoms with Crippen molar-refractivity contribution in [3.05, 3.63) is 0 Å². The topological polar surface area (TPSA) is 20.2 Å². The molecular weight excluding hydrogens is 231 g/mol. The first-order chi connectivity index (χ1) is 6.39. The average molecular weight is 256 g/mol. The second kappa shape index (κ2) is 6.62. The van der Waals surface area contributed by atoms with Crippen LogP contribution in [0, 0.1) is 0 Å². The van der Waals surface area contributed by atoms with Crippen molar-refractivity contribution in [3.8, 4) is 0 Å². The van der Waals surface area contributed by atoms with E-state index in [9.17, 15) is 4.89 Å². The summed E-state index contributed by atoms with van der Waals surface area (Å²) in [6.07, 6.45) is 8.44. The van der Waals surface area contributed by atoms with E-state index in [1.54, 1.807) is 0 Å². The molecule has 0 saturated heterocycles. The molecular formula is C10H25OPS2. The number of unbranched alkanes of at least 4 members (excludes halogenated alkanes) is 4. The Hall–Kier alpha value is 1.09. The van der Waals surface area contributed by atoms with E-state index in [4.69, 9.17) is 0 Å². The molecule has 4 heteroatoms. The van der Waals surface area contributed by atoms with Gasteiger partial charge in [-0.3, -0.25) is 0 Å². The Balaban J connectivity index is 3.82. The van der Waals surface area contributed by atoms with Crippen LogP contribution < -0.4 is 0 Å². The molecule has 14 heavy (non-hydrogen) atoms. The van der Waals surface area contributed by atoms with Crippen molar-refractivity contribution in [1.82, 2.24) is 0 Å². The van der Waals surface area contributed by atoms with Crippen LogP contribution >= 0.6 is 29.7 Å². The van der Waals surface area contributed by atoms with Crippen molar-refractivity contribution in [2.75, 3.05) is 12.3 Å². The van der Waals surface area contributed by atoms with Gasteiger partial charge in [-0.15, -0.1) is 0 Å². The van der Waals surface area contributed by atoms with Crippen molar-refractivity contribution >= 4 is 29.7 Å². The Kier molecular flexibility index (Phi) is 7.14. The zero-order valence-electron chi connectivity index (χ0n) is 9.45. The fourth-order valence-corrected chi connectivity index (χ4v) is 5.15. The van der Waals surface area contributed by atoms with Gasteiger partial charge in [-0.2, -0.15) is 0 Å².